The van der Waals surface area contributed by atoms with Gasteiger partial charge in [-0.05, 0) is 32.1 Å². The van der Waals surface area contributed by atoms with Gasteiger partial charge in [0.25, 0.3) is 0 Å². The number of aliphatic hydroxyl groups excluding tert-OH is 3. The predicted molar refractivity (Wildman–Crippen MR) is 90.3 cm³/mol. The van der Waals surface area contributed by atoms with Crippen LogP contribution in [0.5, 0.6) is 0 Å². The van der Waals surface area contributed by atoms with Gasteiger partial charge in [-0.3, -0.25) is 0 Å². The standard InChI is InChI=1S/C18H34O5/c1-2-3-4-5-6-7-8-9-10-11-12-22-16-14-23-15(13-19)17(20)18(16)21/h7-8,15-21H,2-6,9-14H2,1H3/b8-7+/t15-,16+,17-,18-/m0/s1. The van der Waals surface area contributed by atoms with Gasteiger partial charge in [-0.15, -0.1) is 0 Å². The highest BCUT2D eigenvalue weighted by Crippen LogP contribution is 2.18. The number of rotatable bonds is 12. The van der Waals surface area contributed by atoms with Crippen molar-refractivity contribution in [3.05, 3.63) is 12.2 Å². The fourth-order valence-corrected chi connectivity index (χ4v) is 2.69. The number of ether oxygens (including phenoxy) is 2. The molecule has 1 heterocycles. The van der Waals surface area contributed by atoms with Crippen molar-refractivity contribution in [1.29, 1.82) is 0 Å². The van der Waals surface area contributed by atoms with Gasteiger partial charge in [0.05, 0.1) is 13.2 Å². The van der Waals surface area contributed by atoms with Gasteiger partial charge in [0.15, 0.2) is 0 Å². The zero-order valence-electron chi connectivity index (χ0n) is 14.4. The van der Waals surface area contributed by atoms with Crippen molar-refractivity contribution in [1.82, 2.24) is 0 Å². The minimum atomic E-state index is -1.09. The van der Waals surface area contributed by atoms with Crippen LogP contribution in [0.1, 0.15) is 58.3 Å². The fraction of sp³-hybridized carbons (Fsp3) is 0.889. The minimum Gasteiger partial charge on any atom is -0.394 e. The molecule has 136 valence electrons. The molecule has 0 saturated carbocycles. The highest BCUT2D eigenvalue weighted by molar-refractivity contribution is 4.87. The fourth-order valence-electron chi connectivity index (χ4n) is 2.69. The van der Waals surface area contributed by atoms with E-state index in [1.54, 1.807) is 0 Å². The predicted octanol–water partition coefficient (Wildman–Crippen LogP) is 2.18. The van der Waals surface area contributed by atoms with E-state index in [0.29, 0.717) is 6.61 Å². The van der Waals surface area contributed by atoms with Crippen molar-refractivity contribution in [2.45, 2.75) is 82.7 Å². The lowest BCUT2D eigenvalue weighted by Gasteiger charge is -2.36. The van der Waals surface area contributed by atoms with Crippen molar-refractivity contribution in [2.75, 3.05) is 19.8 Å². The Balaban J connectivity index is 1.99. The van der Waals surface area contributed by atoms with Gasteiger partial charge in [0.1, 0.15) is 24.4 Å². The topological polar surface area (TPSA) is 79.2 Å². The normalized spacial score (nSPS) is 28.5. The van der Waals surface area contributed by atoms with Crippen LogP contribution in [0, 0.1) is 0 Å². The molecule has 0 bridgehead atoms. The summed E-state index contributed by atoms with van der Waals surface area (Å²) in [6, 6.07) is 0. The van der Waals surface area contributed by atoms with Crippen LogP contribution in [0.3, 0.4) is 0 Å². The first kappa shape index (κ1) is 20.6. The summed E-state index contributed by atoms with van der Waals surface area (Å²) >= 11 is 0. The number of hydrogen-bond donors (Lipinski definition) is 3. The molecule has 5 heteroatoms. The molecule has 1 rings (SSSR count). The van der Waals surface area contributed by atoms with E-state index in [-0.39, 0.29) is 13.2 Å². The van der Waals surface area contributed by atoms with Crippen molar-refractivity contribution in [3.63, 3.8) is 0 Å². The maximum absolute atomic E-state index is 9.92. The van der Waals surface area contributed by atoms with E-state index in [2.05, 4.69) is 19.1 Å². The van der Waals surface area contributed by atoms with Crippen molar-refractivity contribution in [2.24, 2.45) is 0 Å². The Kier molecular flexibility index (Phi) is 11.5. The summed E-state index contributed by atoms with van der Waals surface area (Å²) in [7, 11) is 0. The molecule has 1 aliphatic rings. The maximum atomic E-state index is 9.92. The maximum Gasteiger partial charge on any atom is 0.111 e. The highest BCUT2D eigenvalue weighted by Gasteiger charge is 2.38. The second-order valence-electron chi connectivity index (χ2n) is 6.26. The quantitative estimate of drug-likeness (QED) is 0.377. The van der Waals surface area contributed by atoms with E-state index >= 15 is 0 Å². The Morgan fingerprint density at radius 2 is 1.70 bits per heavy atom. The second kappa shape index (κ2) is 12.9. The Bertz CT molecular complexity index is 308. The highest BCUT2D eigenvalue weighted by atomic mass is 16.6. The lowest BCUT2D eigenvalue weighted by atomic mass is 10.0. The van der Waals surface area contributed by atoms with Crippen molar-refractivity contribution < 1.29 is 24.8 Å². The molecule has 0 radical (unpaired) electrons. The monoisotopic (exact) mass is 330 g/mol. The van der Waals surface area contributed by atoms with Crippen LogP contribution >= 0.6 is 0 Å². The zero-order chi connectivity index (χ0) is 16.9. The van der Waals surface area contributed by atoms with E-state index in [9.17, 15) is 10.2 Å². The van der Waals surface area contributed by atoms with Gasteiger partial charge in [-0.25, -0.2) is 0 Å². The Hall–Kier alpha value is -0.460. The van der Waals surface area contributed by atoms with Crippen LogP contribution < -0.4 is 0 Å². The van der Waals surface area contributed by atoms with Gasteiger partial charge in [0.2, 0.25) is 0 Å². The zero-order valence-corrected chi connectivity index (χ0v) is 14.4. The molecule has 0 amide bonds. The SMILES string of the molecule is CCCCCC/C=C/CCCCO[C@@H]1CO[C@@H](CO)[C@H](O)[C@H]1O. The summed E-state index contributed by atoms with van der Waals surface area (Å²) in [6.07, 6.45) is 10.6. The van der Waals surface area contributed by atoms with Gasteiger partial charge in [-0.2, -0.15) is 0 Å². The van der Waals surface area contributed by atoms with Crippen LogP contribution in [0.15, 0.2) is 12.2 Å². The molecule has 0 aliphatic carbocycles. The van der Waals surface area contributed by atoms with Crippen LogP contribution in [-0.2, 0) is 9.47 Å². The second-order valence-corrected chi connectivity index (χ2v) is 6.26. The molecule has 1 saturated heterocycles. The Labute approximate surface area is 140 Å². The minimum absolute atomic E-state index is 0.209. The van der Waals surface area contributed by atoms with Crippen LogP contribution in [0.2, 0.25) is 0 Å². The first-order chi connectivity index (χ1) is 11.2. The first-order valence-corrected chi connectivity index (χ1v) is 9.05. The molecule has 1 aliphatic heterocycles. The third-order valence-electron chi connectivity index (χ3n) is 4.25. The molecule has 0 aromatic carbocycles. The van der Waals surface area contributed by atoms with Crippen LogP contribution in [-0.4, -0.2) is 59.6 Å². The first-order valence-electron chi connectivity index (χ1n) is 9.05. The molecule has 4 atom stereocenters. The molecule has 0 spiro atoms. The Morgan fingerprint density at radius 3 is 2.35 bits per heavy atom. The van der Waals surface area contributed by atoms with Gasteiger partial charge < -0.3 is 24.8 Å². The molecule has 5 nitrogen and oxygen atoms in total. The molecule has 23 heavy (non-hydrogen) atoms. The average Bonchev–Trinajstić information content (AvgIpc) is 2.56. The molecule has 0 unspecified atom stereocenters. The number of allylic oxidation sites excluding steroid dienone is 2. The summed E-state index contributed by atoms with van der Waals surface area (Å²) in [4.78, 5) is 0. The number of unbranched alkanes of at least 4 members (excludes halogenated alkanes) is 6. The third-order valence-corrected chi connectivity index (χ3v) is 4.25. The van der Waals surface area contributed by atoms with Crippen molar-refractivity contribution >= 4 is 0 Å². The largest absolute Gasteiger partial charge is 0.394 e. The number of aliphatic hydroxyl groups is 3. The summed E-state index contributed by atoms with van der Waals surface area (Å²) in [5.41, 5.74) is 0. The Morgan fingerprint density at radius 1 is 1.00 bits per heavy atom. The summed E-state index contributed by atoms with van der Waals surface area (Å²) < 4.78 is 10.9. The van der Waals surface area contributed by atoms with E-state index in [1.807, 2.05) is 0 Å². The van der Waals surface area contributed by atoms with E-state index in [0.717, 1.165) is 19.3 Å². The smallest absolute Gasteiger partial charge is 0.111 e. The average molecular weight is 330 g/mol. The van der Waals surface area contributed by atoms with E-state index < -0.39 is 24.4 Å². The number of hydrogen-bond acceptors (Lipinski definition) is 5. The lowest BCUT2D eigenvalue weighted by Crippen LogP contribution is -2.55. The molecule has 0 aromatic heterocycles. The van der Waals surface area contributed by atoms with Crippen molar-refractivity contribution in [3.8, 4) is 0 Å². The molecule has 1 fully saturated rings. The summed E-state index contributed by atoms with van der Waals surface area (Å²) in [6.45, 7) is 2.69. The molecular formula is C18H34O5. The van der Waals surface area contributed by atoms with E-state index in [4.69, 9.17) is 14.6 Å². The van der Waals surface area contributed by atoms with Gasteiger partial charge in [-0.1, -0.05) is 38.3 Å². The summed E-state index contributed by atoms with van der Waals surface area (Å²) in [5, 5.41) is 28.7. The molecule has 0 aromatic rings. The van der Waals surface area contributed by atoms with Crippen LogP contribution in [0.4, 0.5) is 0 Å². The van der Waals surface area contributed by atoms with Crippen LogP contribution in [0.25, 0.3) is 0 Å². The van der Waals surface area contributed by atoms with E-state index in [1.165, 1.54) is 32.1 Å². The lowest BCUT2D eigenvalue weighted by molar-refractivity contribution is -0.208. The molecular weight excluding hydrogens is 296 g/mol. The van der Waals surface area contributed by atoms with Gasteiger partial charge >= 0.3 is 0 Å². The van der Waals surface area contributed by atoms with Gasteiger partial charge in [0, 0.05) is 6.61 Å². The molecule has 3 N–H and O–H groups in total. The third kappa shape index (κ3) is 8.27. The summed E-state index contributed by atoms with van der Waals surface area (Å²) in [5.74, 6) is 0.